The second kappa shape index (κ2) is 3.75. The van der Waals surface area contributed by atoms with Gasteiger partial charge in [0, 0.05) is 34.6 Å². The van der Waals surface area contributed by atoms with Gasteiger partial charge in [0.1, 0.15) is 5.75 Å². The highest BCUT2D eigenvalue weighted by atomic mass is 16.5. The number of nitrogens with one attached hydrogen (secondary N) is 2. The van der Waals surface area contributed by atoms with E-state index in [1.165, 1.54) is 22.2 Å². The molecule has 2 aromatic rings. The molecule has 2 N–H and O–H groups in total. The van der Waals surface area contributed by atoms with Crippen molar-refractivity contribution in [1.82, 2.24) is 10.3 Å². The number of fused-ring (bicyclic) bond motifs is 3. The molecule has 1 aliphatic rings. The van der Waals surface area contributed by atoms with Crippen molar-refractivity contribution in [3.8, 4) is 5.75 Å². The zero-order valence-corrected chi connectivity index (χ0v) is 11.4. The molecule has 0 fully saturated rings. The molecule has 18 heavy (non-hydrogen) atoms. The van der Waals surface area contributed by atoms with Crippen LogP contribution in [0.4, 0.5) is 0 Å². The number of rotatable bonds is 1. The summed E-state index contributed by atoms with van der Waals surface area (Å²) < 4.78 is 5.35. The van der Waals surface area contributed by atoms with Gasteiger partial charge in [-0.15, -0.1) is 0 Å². The Morgan fingerprint density at radius 2 is 2.11 bits per heavy atom. The molecule has 0 radical (unpaired) electrons. The molecule has 96 valence electrons. The Bertz CT molecular complexity index is 598. The largest absolute Gasteiger partial charge is 0.497 e. The summed E-state index contributed by atoms with van der Waals surface area (Å²) in [4.78, 5) is 3.55. The van der Waals surface area contributed by atoms with Crippen LogP contribution in [0.15, 0.2) is 18.2 Å². The summed E-state index contributed by atoms with van der Waals surface area (Å²) in [6, 6.07) is 6.64. The average Bonchev–Trinajstić information content (AvgIpc) is 2.74. The summed E-state index contributed by atoms with van der Waals surface area (Å²) in [5.41, 5.74) is 4.09. The molecule has 0 saturated carbocycles. The lowest BCUT2D eigenvalue weighted by atomic mass is 9.78. The Kier molecular flexibility index (Phi) is 2.42. The van der Waals surface area contributed by atoms with E-state index in [-0.39, 0.29) is 5.41 Å². The van der Waals surface area contributed by atoms with E-state index in [2.05, 4.69) is 43.2 Å². The van der Waals surface area contributed by atoms with Crippen molar-refractivity contribution in [2.75, 3.05) is 13.7 Å². The summed E-state index contributed by atoms with van der Waals surface area (Å²) in [5, 5.41) is 4.85. The minimum absolute atomic E-state index is 0.145. The van der Waals surface area contributed by atoms with Gasteiger partial charge in [-0.05, 0) is 30.7 Å². The predicted octanol–water partition coefficient (Wildman–Crippen LogP) is 3.12. The van der Waals surface area contributed by atoms with E-state index < -0.39 is 0 Å². The van der Waals surface area contributed by atoms with E-state index in [1.54, 1.807) is 7.11 Å². The van der Waals surface area contributed by atoms with Crippen molar-refractivity contribution in [1.29, 1.82) is 0 Å². The van der Waals surface area contributed by atoms with Crippen LogP contribution in [0.3, 0.4) is 0 Å². The van der Waals surface area contributed by atoms with Crippen molar-refractivity contribution in [2.45, 2.75) is 32.2 Å². The average molecular weight is 244 g/mol. The Balaban J connectivity index is 2.32. The highest BCUT2D eigenvalue weighted by molar-refractivity contribution is 5.87. The topological polar surface area (TPSA) is 37.0 Å². The molecule has 2 heterocycles. The van der Waals surface area contributed by atoms with Crippen LogP contribution in [-0.4, -0.2) is 18.6 Å². The highest BCUT2D eigenvalue weighted by Crippen LogP contribution is 2.40. The van der Waals surface area contributed by atoms with Crippen LogP contribution >= 0.6 is 0 Å². The Morgan fingerprint density at radius 3 is 2.83 bits per heavy atom. The first-order valence-corrected chi connectivity index (χ1v) is 6.46. The first-order chi connectivity index (χ1) is 8.53. The number of ether oxygens (including phenoxy) is 1. The fraction of sp³-hybridized carbons (Fsp3) is 0.467. The van der Waals surface area contributed by atoms with Gasteiger partial charge in [-0.3, -0.25) is 0 Å². The first-order valence-electron chi connectivity index (χ1n) is 6.46. The van der Waals surface area contributed by atoms with Crippen LogP contribution in [0.5, 0.6) is 5.75 Å². The predicted molar refractivity (Wildman–Crippen MR) is 74.3 cm³/mol. The summed E-state index contributed by atoms with van der Waals surface area (Å²) in [6.07, 6.45) is 0. The summed E-state index contributed by atoms with van der Waals surface area (Å²) in [5.74, 6) is 0.922. The summed E-state index contributed by atoms with van der Waals surface area (Å²) in [7, 11) is 1.72. The van der Waals surface area contributed by atoms with Crippen LogP contribution < -0.4 is 10.1 Å². The van der Waals surface area contributed by atoms with Gasteiger partial charge in [0.05, 0.1) is 7.11 Å². The number of aromatic amines is 1. The summed E-state index contributed by atoms with van der Waals surface area (Å²) >= 11 is 0. The zero-order chi connectivity index (χ0) is 12.9. The number of hydrogen-bond acceptors (Lipinski definition) is 2. The molecule has 3 rings (SSSR count). The first kappa shape index (κ1) is 11.6. The lowest BCUT2D eigenvalue weighted by Gasteiger charge is -2.34. The highest BCUT2D eigenvalue weighted by Gasteiger charge is 2.34. The molecule has 3 heteroatoms. The molecule has 1 atom stereocenters. The van der Waals surface area contributed by atoms with Crippen LogP contribution in [-0.2, 0) is 5.41 Å². The van der Waals surface area contributed by atoms with E-state index in [9.17, 15) is 0 Å². The van der Waals surface area contributed by atoms with Crippen molar-refractivity contribution in [3.05, 3.63) is 29.5 Å². The number of H-pyrrole nitrogens is 1. The van der Waals surface area contributed by atoms with E-state index in [1.807, 2.05) is 6.07 Å². The van der Waals surface area contributed by atoms with Crippen LogP contribution in [0, 0.1) is 0 Å². The minimum Gasteiger partial charge on any atom is -0.497 e. The van der Waals surface area contributed by atoms with E-state index in [0.717, 1.165) is 12.3 Å². The second-order valence-corrected chi connectivity index (χ2v) is 5.81. The zero-order valence-electron chi connectivity index (χ0n) is 11.4. The molecule has 0 spiro atoms. The van der Waals surface area contributed by atoms with E-state index in [4.69, 9.17) is 4.74 Å². The second-order valence-electron chi connectivity index (χ2n) is 5.81. The SMILES string of the molecule is COc1ccc2[nH]c3c(c2c1)C(C)(C)CNC3C. The van der Waals surface area contributed by atoms with Gasteiger partial charge in [0.15, 0.2) is 0 Å². The number of methoxy groups -OCH3 is 1. The molecule has 1 aromatic carbocycles. The quantitative estimate of drug-likeness (QED) is 0.808. The molecule has 1 aromatic heterocycles. The smallest absolute Gasteiger partial charge is 0.119 e. The molecule has 0 saturated heterocycles. The van der Waals surface area contributed by atoms with Gasteiger partial charge in [-0.2, -0.15) is 0 Å². The van der Waals surface area contributed by atoms with E-state index >= 15 is 0 Å². The van der Waals surface area contributed by atoms with Crippen molar-refractivity contribution >= 4 is 10.9 Å². The maximum Gasteiger partial charge on any atom is 0.119 e. The lowest BCUT2D eigenvalue weighted by molar-refractivity contribution is 0.394. The number of benzene rings is 1. The molecule has 1 aliphatic heterocycles. The molecule has 0 aliphatic carbocycles. The van der Waals surface area contributed by atoms with Gasteiger partial charge < -0.3 is 15.0 Å². The third-order valence-electron chi connectivity index (χ3n) is 3.99. The third-order valence-corrected chi connectivity index (χ3v) is 3.99. The number of aromatic nitrogens is 1. The molecular weight excluding hydrogens is 224 g/mol. The maximum atomic E-state index is 5.35. The standard InChI is InChI=1S/C15H20N2O/c1-9-14-13(15(2,3)8-16-9)11-7-10(18-4)5-6-12(11)17-14/h5-7,9,16-17H,8H2,1-4H3. The number of hydrogen-bond donors (Lipinski definition) is 2. The van der Waals surface area contributed by atoms with Gasteiger partial charge in [0.25, 0.3) is 0 Å². The van der Waals surface area contributed by atoms with Gasteiger partial charge in [0.2, 0.25) is 0 Å². The molecule has 0 bridgehead atoms. The molecule has 0 amide bonds. The van der Waals surface area contributed by atoms with Crippen LogP contribution in [0.1, 0.15) is 38.1 Å². The molecular formula is C15H20N2O. The fourth-order valence-electron chi connectivity index (χ4n) is 2.97. The minimum atomic E-state index is 0.145. The van der Waals surface area contributed by atoms with Crippen molar-refractivity contribution < 1.29 is 4.74 Å². The fourth-order valence-corrected chi connectivity index (χ4v) is 2.97. The van der Waals surface area contributed by atoms with Crippen molar-refractivity contribution in [3.63, 3.8) is 0 Å². The normalized spacial score (nSPS) is 21.9. The third kappa shape index (κ3) is 1.54. The molecule has 3 nitrogen and oxygen atoms in total. The Hall–Kier alpha value is -1.48. The van der Waals surface area contributed by atoms with Gasteiger partial charge in [-0.1, -0.05) is 13.8 Å². The summed E-state index contributed by atoms with van der Waals surface area (Å²) in [6.45, 7) is 7.79. The monoisotopic (exact) mass is 244 g/mol. The van der Waals surface area contributed by atoms with Crippen LogP contribution in [0.2, 0.25) is 0 Å². The Morgan fingerprint density at radius 1 is 1.33 bits per heavy atom. The molecule has 1 unspecified atom stereocenters. The van der Waals surface area contributed by atoms with Crippen molar-refractivity contribution in [2.24, 2.45) is 0 Å². The Labute approximate surface area is 108 Å². The van der Waals surface area contributed by atoms with E-state index in [0.29, 0.717) is 6.04 Å². The van der Waals surface area contributed by atoms with Gasteiger partial charge >= 0.3 is 0 Å². The van der Waals surface area contributed by atoms with Crippen LogP contribution in [0.25, 0.3) is 10.9 Å². The maximum absolute atomic E-state index is 5.35. The lowest BCUT2D eigenvalue weighted by Crippen LogP contribution is -2.40. The van der Waals surface area contributed by atoms with Gasteiger partial charge in [-0.25, -0.2) is 0 Å².